The molecule has 3 aromatic rings. The van der Waals surface area contributed by atoms with Crippen LogP contribution in [0.3, 0.4) is 0 Å². The highest BCUT2D eigenvalue weighted by Crippen LogP contribution is 2.29. The molecule has 1 heterocycles. The minimum Gasteiger partial charge on any atom is -0.495 e. The van der Waals surface area contributed by atoms with E-state index in [1.165, 1.54) is 25.3 Å². The van der Waals surface area contributed by atoms with Gasteiger partial charge < -0.3 is 15.0 Å². The zero-order chi connectivity index (χ0) is 22.6. The largest absolute Gasteiger partial charge is 0.495 e. The van der Waals surface area contributed by atoms with Crippen molar-refractivity contribution in [2.75, 3.05) is 18.2 Å². The minimum atomic E-state index is -4.15. The molecule has 0 saturated heterocycles. The summed E-state index contributed by atoms with van der Waals surface area (Å²) >= 11 is 10.3. The maximum absolute atomic E-state index is 12.8. The average Bonchev–Trinajstić information content (AvgIpc) is 2.72. The number of hydrogen-bond acceptors (Lipinski definition) is 7. The Labute approximate surface area is 195 Å². The molecule has 0 aliphatic heterocycles. The topological polar surface area (TPSA) is 118 Å². The molecule has 0 bridgehead atoms. The Balaban J connectivity index is 1.73. The summed E-state index contributed by atoms with van der Waals surface area (Å²) < 4.78 is 31.4. The molecule has 0 spiro atoms. The Morgan fingerprint density at radius 1 is 1.29 bits per heavy atom. The van der Waals surface area contributed by atoms with Crippen molar-refractivity contribution in [1.29, 1.82) is 0 Å². The van der Waals surface area contributed by atoms with Gasteiger partial charge in [-0.3, -0.25) is 9.59 Å². The predicted molar refractivity (Wildman–Crippen MR) is 122 cm³/mol. The molecule has 0 aliphatic rings. The number of amides is 1. The molecule has 0 unspecified atom stereocenters. The summed E-state index contributed by atoms with van der Waals surface area (Å²) in [6.45, 7) is 0. The summed E-state index contributed by atoms with van der Waals surface area (Å²) in [4.78, 5) is 30.1. The second kappa shape index (κ2) is 9.86. The fourth-order valence-corrected chi connectivity index (χ4v) is 5.08. The van der Waals surface area contributed by atoms with Gasteiger partial charge in [0.15, 0.2) is 10.1 Å². The molecule has 12 heteroatoms. The van der Waals surface area contributed by atoms with Gasteiger partial charge in [-0.25, -0.2) is 13.4 Å². The van der Waals surface area contributed by atoms with E-state index in [4.69, 9.17) is 16.3 Å². The molecule has 0 radical (unpaired) electrons. The van der Waals surface area contributed by atoms with E-state index in [9.17, 15) is 18.0 Å². The lowest BCUT2D eigenvalue weighted by Crippen LogP contribution is -2.20. The van der Waals surface area contributed by atoms with Crippen LogP contribution in [0.2, 0.25) is 5.02 Å². The zero-order valence-electron chi connectivity index (χ0n) is 15.9. The Morgan fingerprint density at radius 2 is 2.06 bits per heavy atom. The van der Waals surface area contributed by atoms with E-state index >= 15 is 0 Å². The number of rotatable bonds is 7. The van der Waals surface area contributed by atoms with Gasteiger partial charge in [0.05, 0.1) is 29.0 Å². The fraction of sp³-hybridized carbons (Fsp3) is 0.105. The van der Waals surface area contributed by atoms with Gasteiger partial charge in [0.2, 0.25) is 15.7 Å². The van der Waals surface area contributed by atoms with Crippen LogP contribution >= 0.6 is 39.3 Å². The molecule has 2 N–H and O–H groups in total. The van der Waals surface area contributed by atoms with Crippen LogP contribution in [-0.2, 0) is 14.6 Å². The maximum Gasteiger partial charge on any atom is 0.270 e. The normalized spacial score (nSPS) is 11.2. The molecule has 1 amide bonds. The van der Waals surface area contributed by atoms with E-state index in [0.29, 0.717) is 11.4 Å². The third-order valence-corrected chi connectivity index (χ3v) is 7.34. The number of anilines is 1. The molecule has 3 rings (SSSR count). The van der Waals surface area contributed by atoms with Crippen molar-refractivity contribution >= 4 is 60.7 Å². The Kier molecular flexibility index (Phi) is 7.42. The molecule has 2 aromatic carbocycles. The van der Waals surface area contributed by atoms with E-state index in [2.05, 4.69) is 31.2 Å². The molecule has 0 atom stereocenters. The first kappa shape index (κ1) is 23.3. The molecule has 31 heavy (non-hydrogen) atoms. The highest BCUT2D eigenvalue weighted by atomic mass is 79.9. The van der Waals surface area contributed by atoms with Crippen LogP contribution in [-0.4, -0.2) is 37.2 Å². The first-order valence-electron chi connectivity index (χ1n) is 8.57. The number of halogens is 2. The molecule has 162 valence electrons. The molecule has 8 nitrogen and oxygen atoms in total. The summed E-state index contributed by atoms with van der Waals surface area (Å²) in [6, 6.07) is 11.0. The predicted octanol–water partition coefficient (Wildman–Crippen LogP) is 3.76. The third kappa shape index (κ3) is 5.67. The number of sulfone groups is 1. The lowest BCUT2D eigenvalue weighted by molar-refractivity contribution is -0.113. The summed E-state index contributed by atoms with van der Waals surface area (Å²) in [5.74, 6) is -0.0359. The Hall–Kier alpha value is -2.34. The van der Waals surface area contributed by atoms with Crippen LogP contribution in [0, 0.1) is 0 Å². The average molecular weight is 545 g/mol. The maximum atomic E-state index is 12.8. The summed E-state index contributed by atoms with van der Waals surface area (Å²) in [7, 11) is -2.75. The number of carbonyl (C=O) groups is 1. The van der Waals surface area contributed by atoms with E-state index in [0.717, 1.165) is 22.4 Å². The number of benzene rings is 2. The number of H-pyrrole nitrogens is 1. The SMILES string of the molecule is COc1ccc(S(=O)(=O)c2cnc(SCC(=O)Nc3cccc(Br)c3)[nH]c2=O)cc1Cl. The van der Waals surface area contributed by atoms with Crippen molar-refractivity contribution in [3.05, 3.63) is 68.5 Å². The first-order chi connectivity index (χ1) is 14.7. The lowest BCUT2D eigenvalue weighted by atomic mass is 10.3. The first-order valence-corrected chi connectivity index (χ1v) is 12.2. The lowest BCUT2D eigenvalue weighted by Gasteiger charge is -2.08. The van der Waals surface area contributed by atoms with Crippen LogP contribution in [0.4, 0.5) is 5.69 Å². The highest BCUT2D eigenvalue weighted by Gasteiger charge is 2.23. The minimum absolute atomic E-state index is 0.0321. The van der Waals surface area contributed by atoms with Crippen molar-refractivity contribution in [2.45, 2.75) is 14.9 Å². The van der Waals surface area contributed by atoms with Crippen molar-refractivity contribution < 1.29 is 17.9 Å². The molecular weight excluding hydrogens is 530 g/mol. The van der Waals surface area contributed by atoms with Crippen molar-refractivity contribution in [3.63, 3.8) is 0 Å². The molecule has 1 aromatic heterocycles. The number of hydrogen-bond donors (Lipinski definition) is 2. The number of nitrogens with zero attached hydrogens (tertiary/aromatic N) is 1. The van der Waals surface area contributed by atoms with Crippen LogP contribution < -0.4 is 15.6 Å². The van der Waals surface area contributed by atoms with E-state index in [1.807, 2.05) is 6.07 Å². The zero-order valence-corrected chi connectivity index (χ0v) is 19.9. The third-order valence-electron chi connectivity index (χ3n) is 3.91. The second-order valence-electron chi connectivity index (χ2n) is 6.03. The standard InChI is InChI=1S/C19H15BrClN3O5S2/c1-29-15-6-5-13(8-14(15)21)31(27,28)16-9-22-19(24-18(16)26)30-10-17(25)23-12-4-2-3-11(20)7-12/h2-9H,10H2,1H3,(H,23,25)(H,22,24,26). The van der Waals surface area contributed by atoms with Gasteiger partial charge in [-0.05, 0) is 36.4 Å². The highest BCUT2D eigenvalue weighted by molar-refractivity contribution is 9.10. The molecule has 0 aliphatic carbocycles. The quantitative estimate of drug-likeness (QED) is 0.343. The van der Waals surface area contributed by atoms with E-state index in [-0.39, 0.29) is 26.7 Å². The van der Waals surface area contributed by atoms with Gasteiger partial charge in [-0.2, -0.15) is 0 Å². The molecular formula is C19H15BrClN3O5S2. The Morgan fingerprint density at radius 3 is 2.71 bits per heavy atom. The summed E-state index contributed by atoms with van der Waals surface area (Å²) in [6.07, 6.45) is 0.959. The molecule has 0 fully saturated rings. The van der Waals surface area contributed by atoms with Gasteiger partial charge in [0.1, 0.15) is 5.75 Å². The summed E-state index contributed by atoms with van der Waals surface area (Å²) in [5, 5.41) is 2.92. The van der Waals surface area contributed by atoms with Crippen molar-refractivity contribution in [3.8, 4) is 5.75 Å². The number of carbonyl (C=O) groups excluding carboxylic acids is 1. The van der Waals surface area contributed by atoms with Gasteiger partial charge in [0.25, 0.3) is 5.56 Å². The summed E-state index contributed by atoms with van der Waals surface area (Å²) in [5.41, 5.74) is -0.238. The van der Waals surface area contributed by atoms with Gasteiger partial charge in [0, 0.05) is 10.2 Å². The number of methoxy groups -OCH3 is 1. The van der Waals surface area contributed by atoms with E-state index in [1.54, 1.807) is 18.2 Å². The van der Waals surface area contributed by atoms with Crippen molar-refractivity contribution in [2.24, 2.45) is 0 Å². The number of thioether (sulfide) groups is 1. The van der Waals surface area contributed by atoms with Gasteiger partial charge in [-0.15, -0.1) is 0 Å². The van der Waals surface area contributed by atoms with Crippen molar-refractivity contribution in [1.82, 2.24) is 9.97 Å². The van der Waals surface area contributed by atoms with Crippen LogP contribution in [0.5, 0.6) is 5.75 Å². The van der Waals surface area contributed by atoms with Crippen LogP contribution in [0.1, 0.15) is 0 Å². The second-order valence-corrected chi connectivity index (χ2v) is 10.2. The fourth-order valence-electron chi connectivity index (χ4n) is 2.47. The number of nitrogens with one attached hydrogen (secondary N) is 2. The number of aromatic amines is 1. The van der Waals surface area contributed by atoms with Crippen LogP contribution in [0.15, 0.2) is 72.9 Å². The van der Waals surface area contributed by atoms with E-state index < -0.39 is 20.3 Å². The van der Waals surface area contributed by atoms with Gasteiger partial charge in [-0.1, -0.05) is 45.4 Å². The number of aromatic nitrogens is 2. The van der Waals surface area contributed by atoms with Crippen LogP contribution in [0.25, 0.3) is 0 Å². The molecule has 0 saturated carbocycles. The van der Waals surface area contributed by atoms with Gasteiger partial charge >= 0.3 is 0 Å². The number of ether oxygens (including phenoxy) is 1. The Bertz CT molecular complexity index is 1300. The monoisotopic (exact) mass is 543 g/mol. The smallest absolute Gasteiger partial charge is 0.270 e.